The van der Waals surface area contributed by atoms with E-state index < -0.39 is 18.4 Å². The van der Waals surface area contributed by atoms with Gasteiger partial charge in [0.05, 0.1) is 0 Å². The van der Waals surface area contributed by atoms with Crippen LogP contribution in [0.2, 0.25) is 0 Å². The molecule has 1 atom stereocenters. The third kappa shape index (κ3) is 2.64. The van der Waals surface area contributed by atoms with Crippen molar-refractivity contribution >= 4 is 11.7 Å². The molecular formula is C11H8F3NO2. The zero-order chi connectivity index (χ0) is 12.5. The Labute approximate surface area is 94.9 Å². The first-order chi connectivity index (χ1) is 7.97. The molecule has 2 rings (SSSR count). The summed E-state index contributed by atoms with van der Waals surface area (Å²) < 4.78 is 40.9. The molecule has 1 aromatic rings. The normalized spacial score (nSPS) is 20.1. The van der Waals surface area contributed by atoms with Crippen LogP contribution in [-0.2, 0) is 16.0 Å². The summed E-state index contributed by atoms with van der Waals surface area (Å²) in [4.78, 5) is 14.4. The number of nitrogens with zero attached hydrogens (tertiary/aromatic N) is 1. The van der Waals surface area contributed by atoms with Gasteiger partial charge in [-0.2, -0.15) is 13.2 Å². The van der Waals surface area contributed by atoms with Crippen LogP contribution in [0.15, 0.2) is 35.3 Å². The Morgan fingerprint density at radius 1 is 1.24 bits per heavy atom. The fraction of sp³-hybridized carbons (Fsp3) is 0.273. The monoisotopic (exact) mass is 243 g/mol. The van der Waals surface area contributed by atoms with Crippen LogP contribution >= 0.6 is 0 Å². The molecule has 0 radical (unpaired) electrons. The molecule has 0 aromatic heterocycles. The quantitative estimate of drug-likeness (QED) is 0.746. The van der Waals surface area contributed by atoms with Crippen molar-refractivity contribution in [2.24, 2.45) is 4.99 Å². The number of benzene rings is 1. The Balaban J connectivity index is 2.14. The highest BCUT2D eigenvalue weighted by atomic mass is 19.4. The van der Waals surface area contributed by atoms with Crippen LogP contribution in [-0.4, -0.2) is 24.1 Å². The number of carbonyl (C=O) groups is 1. The molecule has 0 N–H and O–H groups in total. The maximum atomic E-state index is 12.3. The fourth-order valence-corrected chi connectivity index (χ4v) is 1.44. The van der Waals surface area contributed by atoms with E-state index >= 15 is 0 Å². The van der Waals surface area contributed by atoms with Gasteiger partial charge in [-0.25, -0.2) is 9.79 Å². The van der Waals surface area contributed by atoms with E-state index in [-0.39, 0.29) is 12.1 Å². The van der Waals surface area contributed by atoms with Crippen LogP contribution in [0.25, 0.3) is 0 Å². The van der Waals surface area contributed by atoms with E-state index in [0.717, 1.165) is 0 Å². The van der Waals surface area contributed by atoms with Crippen molar-refractivity contribution in [3.63, 3.8) is 0 Å². The average molecular weight is 243 g/mol. The number of ether oxygens (including phenoxy) is 1. The lowest BCUT2D eigenvalue weighted by atomic mass is 10.1. The van der Waals surface area contributed by atoms with Crippen LogP contribution in [0.5, 0.6) is 0 Å². The maximum Gasteiger partial charge on any atom is 0.447 e. The maximum absolute atomic E-state index is 12.3. The summed E-state index contributed by atoms with van der Waals surface area (Å²) in [5.74, 6) is -1.00. The van der Waals surface area contributed by atoms with Gasteiger partial charge in [-0.3, -0.25) is 0 Å². The first-order valence-electron chi connectivity index (χ1n) is 4.85. The minimum absolute atomic E-state index is 0.0479. The SMILES string of the molecule is O=C1OC(C(F)(F)F)N=C1Cc1ccccc1. The number of alkyl halides is 3. The van der Waals surface area contributed by atoms with Crippen molar-refractivity contribution in [1.29, 1.82) is 0 Å². The van der Waals surface area contributed by atoms with Gasteiger partial charge < -0.3 is 4.74 Å². The van der Waals surface area contributed by atoms with Gasteiger partial charge in [0.1, 0.15) is 5.71 Å². The summed E-state index contributed by atoms with van der Waals surface area (Å²) >= 11 is 0. The molecule has 0 fully saturated rings. The van der Waals surface area contributed by atoms with Gasteiger partial charge in [-0.05, 0) is 5.56 Å². The molecule has 6 heteroatoms. The lowest BCUT2D eigenvalue weighted by Crippen LogP contribution is -2.27. The molecule has 0 bridgehead atoms. The van der Waals surface area contributed by atoms with Gasteiger partial charge in [0.25, 0.3) is 6.23 Å². The molecule has 3 nitrogen and oxygen atoms in total. The third-order valence-electron chi connectivity index (χ3n) is 2.22. The number of esters is 1. The predicted molar refractivity (Wildman–Crippen MR) is 53.5 cm³/mol. The van der Waals surface area contributed by atoms with E-state index in [4.69, 9.17) is 0 Å². The van der Waals surface area contributed by atoms with E-state index in [1.165, 1.54) is 0 Å². The summed E-state index contributed by atoms with van der Waals surface area (Å²) in [6.45, 7) is 0. The molecule has 1 unspecified atom stereocenters. The van der Waals surface area contributed by atoms with Gasteiger partial charge in [0, 0.05) is 6.42 Å². The second kappa shape index (κ2) is 4.20. The van der Waals surface area contributed by atoms with Crippen molar-refractivity contribution in [1.82, 2.24) is 0 Å². The standard InChI is InChI=1S/C11H8F3NO2/c12-11(13,14)10-15-8(9(16)17-10)6-7-4-2-1-3-5-7/h1-5,10H,6H2. The third-order valence-corrected chi connectivity index (χ3v) is 2.22. The van der Waals surface area contributed by atoms with Crippen LogP contribution in [0.3, 0.4) is 0 Å². The van der Waals surface area contributed by atoms with Crippen molar-refractivity contribution in [3.05, 3.63) is 35.9 Å². The van der Waals surface area contributed by atoms with Crippen molar-refractivity contribution < 1.29 is 22.7 Å². The number of halogens is 3. The predicted octanol–water partition coefficient (Wildman–Crippen LogP) is 2.12. The zero-order valence-electron chi connectivity index (χ0n) is 8.57. The van der Waals surface area contributed by atoms with Crippen molar-refractivity contribution in [2.45, 2.75) is 18.8 Å². The molecule has 1 aromatic carbocycles. The first kappa shape index (κ1) is 11.6. The van der Waals surface area contributed by atoms with E-state index in [1.807, 2.05) is 0 Å². The van der Waals surface area contributed by atoms with Gasteiger partial charge in [-0.1, -0.05) is 30.3 Å². The first-order valence-corrected chi connectivity index (χ1v) is 4.85. The van der Waals surface area contributed by atoms with Crippen molar-refractivity contribution in [2.75, 3.05) is 0 Å². The van der Waals surface area contributed by atoms with E-state index in [0.29, 0.717) is 5.56 Å². The molecule has 17 heavy (non-hydrogen) atoms. The highest BCUT2D eigenvalue weighted by Crippen LogP contribution is 2.27. The summed E-state index contributed by atoms with van der Waals surface area (Å²) in [5, 5.41) is 0. The minimum Gasteiger partial charge on any atom is -0.425 e. The highest BCUT2D eigenvalue weighted by Gasteiger charge is 2.47. The molecule has 0 saturated carbocycles. The highest BCUT2D eigenvalue weighted by molar-refractivity contribution is 6.38. The Morgan fingerprint density at radius 2 is 1.88 bits per heavy atom. The van der Waals surface area contributed by atoms with Crippen LogP contribution in [0.4, 0.5) is 13.2 Å². The Kier molecular flexibility index (Phi) is 2.87. The molecule has 0 saturated heterocycles. The summed E-state index contributed by atoms with van der Waals surface area (Å²) in [6.07, 6.45) is -6.95. The molecule has 0 spiro atoms. The fourth-order valence-electron chi connectivity index (χ4n) is 1.44. The lowest BCUT2D eigenvalue weighted by molar-refractivity contribution is -0.210. The smallest absolute Gasteiger partial charge is 0.425 e. The Morgan fingerprint density at radius 3 is 2.41 bits per heavy atom. The number of hydrogen-bond acceptors (Lipinski definition) is 3. The summed E-state index contributed by atoms with van der Waals surface area (Å²) in [7, 11) is 0. The van der Waals surface area contributed by atoms with Gasteiger partial charge in [0.2, 0.25) is 0 Å². The van der Waals surface area contributed by atoms with Gasteiger partial charge in [-0.15, -0.1) is 0 Å². The van der Waals surface area contributed by atoms with E-state index in [2.05, 4.69) is 9.73 Å². The lowest BCUT2D eigenvalue weighted by Gasteiger charge is -2.09. The minimum atomic E-state index is -4.64. The molecule has 0 aliphatic carbocycles. The number of aliphatic imine (C=N–C) groups is 1. The Bertz CT molecular complexity index is 454. The number of rotatable bonds is 2. The molecule has 1 aliphatic rings. The topological polar surface area (TPSA) is 38.7 Å². The van der Waals surface area contributed by atoms with Crippen LogP contribution < -0.4 is 0 Å². The molecule has 1 heterocycles. The van der Waals surface area contributed by atoms with Gasteiger partial charge in [0.15, 0.2) is 0 Å². The van der Waals surface area contributed by atoms with Gasteiger partial charge >= 0.3 is 12.1 Å². The Hall–Kier alpha value is -1.85. The molecule has 90 valence electrons. The zero-order valence-corrected chi connectivity index (χ0v) is 8.57. The van der Waals surface area contributed by atoms with Crippen LogP contribution in [0.1, 0.15) is 5.56 Å². The molecular weight excluding hydrogens is 235 g/mol. The largest absolute Gasteiger partial charge is 0.447 e. The summed E-state index contributed by atoms with van der Waals surface area (Å²) in [5.41, 5.74) is 0.518. The number of hydrogen-bond donors (Lipinski definition) is 0. The molecule has 1 aliphatic heterocycles. The molecule has 0 amide bonds. The van der Waals surface area contributed by atoms with E-state index in [9.17, 15) is 18.0 Å². The number of carbonyl (C=O) groups excluding carboxylic acids is 1. The summed E-state index contributed by atoms with van der Waals surface area (Å²) in [6, 6.07) is 8.65. The number of cyclic esters (lactones) is 1. The second-order valence-electron chi connectivity index (χ2n) is 3.54. The average Bonchev–Trinajstić information content (AvgIpc) is 2.62. The van der Waals surface area contributed by atoms with E-state index in [1.54, 1.807) is 30.3 Å². The second-order valence-corrected chi connectivity index (χ2v) is 3.54. The van der Waals surface area contributed by atoms with Crippen molar-refractivity contribution in [3.8, 4) is 0 Å². The van der Waals surface area contributed by atoms with Crippen LogP contribution in [0, 0.1) is 0 Å².